The molecule has 0 radical (unpaired) electrons. The Kier molecular flexibility index (Phi) is 3.28. The van der Waals surface area contributed by atoms with Gasteiger partial charge in [0, 0.05) is 5.41 Å². The number of benzene rings is 1. The van der Waals surface area contributed by atoms with Gasteiger partial charge in [-0.1, -0.05) is 12.5 Å². The molecule has 0 aliphatic heterocycles. The number of aliphatic carboxylic acids is 1. The molecule has 1 aromatic rings. The fourth-order valence-electron chi connectivity index (χ4n) is 2.56. The molecule has 0 spiro atoms. The standard InChI is InChI=1S/C13H12F4O2/c14-10-6-8(13(15,16)17)2-3-9(10)12(4-1-5-12)7-11(18)19/h2-3,6H,1,4-5,7H2,(H,18,19). The van der Waals surface area contributed by atoms with Gasteiger partial charge in [0.15, 0.2) is 0 Å². The third kappa shape index (κ3) is 2.57. The molecule has 0 atom stereocenters. The number of carboxylic acid groups (broad SMARTS) is 1. The molecule has 1 aliphatic carbocycles. The molecule has 0 unspecified atom stereocenters. The molecule has 0 amide bonds. The first kappa shape index (κ1) is 13.8. The average Bonchev–Trinajstić information content (AvgIpc) is 2.22. The minimum absolute atomic E-state index is 0.0779. The summed E-state index contributed by atoms with van der Waals surface area (Å²) in [5, 5.41) is 8.85. The zero-order chi connectivity index (χ0) is 14.3. The number of hydrogen-bond acceptors (Lipinski definition) is 1. The fourth-order valence-corrected chi connectivity index (χ4v) is 2.56. The molecule has 2 rings (SSSR count). The van der Waals surface area contributed by atoms with Gasteiger partial charge in [-0.05, 0) is 30.5 Å². The highest BCUT2D eigenvalue weighted by Gasteiger charge is 2.43. The van der Waals surface area contributed by atoms with Crippen LogP contribution in [0.2, 0.25) is 0 Å². The molecular formula is C13H12F4O2. The van der Waals surface area contributed by atoms with E-state index in [4.69, 9.17) is 5.11 Å². The molecule has 19 heavy (non-hydrogen) atoms. The van der Waals surface area contributed by atoms with E-state index in [2.05, 4.69) is 0 Å². The van der Waals surface area contributed by atoms with E-state index in [1.54, 1.807) is 0 Å². The molecule has 1 fully saturated rings. The maximum atomic E-state index is 13.9. The van der Waals surface area contributed by atoms with Gasteiger partial charge < -0.3 is 5.11 Å². The van der Waals surface area contributed by atoms with Crippen molar-refractivity contribution in [2.24, 2.45) is 0 Å². The van der Waals surface area contributed by atoms with Crippen LogP contribution in [0.4, 0.5) is 17.6 Å². The number of rotatable bonds is 3. The van der Waals surface area contributed by atoms with Crippen LogP contribution < -0.4 is 0 Å². The summed E-state index contributed by atoms with van der Waals surface area (Å²) >= 11 is 0. The molecule has 0 bridgehead atoms. The second-order valence-electron chi connectivity index (χ2n) is 4.90. The number of alkyl halides is 3. The lowest BCUT2D eigenvalue weighted by Crippen LogP contribution is -2.37. The highest BCUT2D eigenvalue weighted by atomic mass is 19.4. The quantitative estimate of drug-likeness (QED) is 0.854. The van der Waals surface area contributed by atoms with Crippen LogP contribution in [0.5, 0.6) is 0 Å². The Bertz CT molecular complexity index is 504. The highest BCUT2D eigenvalue weighted by molar-refractivity contribution is 5.69. The average molecular weight is 276 g/mol. The smallest absolute Gasteiger partial charge is 0.416 e. The first-order valence-electron chi connectivity index (χ1n) is 5.84. The van der Waals surface area contributed by atoms with E-state index in [0.717, 1.165) is 18.6 Å². The van der Waals surface area contributed by atoms with Crippen LogP contribution in [-0.4, -0.2) is 11.1 Å². The topological polar surface area (TPSA) is 37.3 Å². The lowest BCUT2D eigenvalue weighted by atomic mass is 9.62. The minimum atomic E-state index is -4.60. The summed E-state index contributed by atoms with van der Waals surface area (Å²) in [6.07, 6.45) is -3.12. The Morgan fingerprint density at radius 3 is 2.32 bits per heavy atom. The van der Waals surface area contributed by atoms with Crippen molar-refractivity contribution in [2.45, 2.75) is 37.3 Å². The number of carboxylic acids is 1. The molecule has 2 nitrogen and oxygen atoms in total. The van der Waals surface area contributed by atoms with Crippen LogP contribution in [0.3, 0.4) is 0 Å². The van der Waals surface area contributed by atoms with E-state index in [9.17, 15) is 22.4 Å². The first-order valence-corrected chi connectivity index (χ1v) is 5.84. The SMILES string of the molecule is O=C(O)CC1(c2ccc(C(F)(F)F)cc2F)CCC1. The van der Waals surface area contributed by atoms with Gasteiger partial charge in [0.1, 0.15) is 5.82 Å². The van der Waals surface area contributed by atoms with Crippen LogP contribution >= 0.6 is 0 Å². The van der Waals surface area contributed by atoms with Gasteiger partial charge in [-0.3, -0.25) is 4.79 Å². The maximum absolute atomic E-state index is 13.9. The first-order chi connectivity index (χ1) is 8.74. The number of hydrogen-bond donors (Lipinski definition) is 1. The number of carbonyl (C=O) groups is 1. The lowest BCUT2D eigenvalue weighted by molar-refractivity contribution is -0.140. The normalized spacial score (nSPS) is 17.9. The molecule has 0 heterocycles. The van der Waals surface area contributed by atoms with Gasteiger partial charge in [-0.2, -0.15) is 13.2 Å². The summed E-state index contributed by atoms with van der Waals surface area (Å²) in [4.78, 5) is 10.8. The third-order valence-electron chi connectivity index (χ3n) is 3.67. The van der Waals surface area contributed by atoms with E-state index < -0.39 is 28.9 Å². The van der Waals surface area contributed by atoms with E-state index in [-0.39, 0.29) is 12.0 Å². The van der Waals surface area contributed by atoms with E-state index in [0.29, 0.717) is 18.9 Å². The van der Waals surface area contributed by atoms with Crippen molar-refractivity contribution < 1.29 is 27.5 Å². The van der Waals surface area contributed by atoms with Crippen LogP contribution in [0.15, 0.2) is 18.2 Å². The Morgan fingerprint density at radius 2 is 1.95 bits per heavy atom. The fraction of sp³-hybridized carbons (Fsp3) is 0.462. The van der Waals surface area contributed by atoms with Gasteiger partial charge in [-0.25, -0.2) is 4.39 Å². The Labute approximate surface area is 107 Å². The zero-order valence-electron chi connectivity index (χ0n) is 9.93. The molecule has 1 saturated carbocycles. The Hall–Kier alpha value is -1.59. The van der Waals surface area contributed by atoms with Crippen LogP contribution in [0.1, 0.15) is 36.8 Å². The molecular weight excluding hydrogens is 264 g/mol. The van der Waals surface area contributed by atoms with E-state index >= 15 is 0 Å². The van der Waals surface area contributed by atoms with Crippen molar-refractivity contribution in [1.82, 2.24) is 0 Å². The third-order valence-corrected chi connectivity index (χ3v) is 3.67. The predicted molar refractivity (Wildman–Crippen MR) is 59.2 cm³/mol. The summed E-state index contributed by atoms with van der Waals surface area (Å²) in [6.45, 7) is 0. The van der Waals surface area contributed by atoms with Crippen molar-refractivity contribution in [3.63, 3.8) is 0 Å². The van der Waals surface area contributed by atoms with Gasteiger partial charge >= 0.3 is 12.1 Å². The second-order valence-corrected chi connectivity index (χ2v) is 4.90. The van der Waals surface area contributed by atoms with E-state index in [1.807, 2.05) is 0 Å². The van der Waals surface area contributed by atoms with Crippen molar-refractivity contribution in [2.75, 3.05) is 0 Å². The van der Waals surface area contributed by atoms with Crippen LogP contribution in [-0.2, 0) is 16.4 Å². The second kappa shape index (κ2) is 4.51. The summed E-state index contributed by atoms with van der Waals surface area (Å²) < 4.78 is 51.2. The number of halogens is 4. The molecule has 0 aromatic heterocycles. The van der Waals surface area contributed by atoms with Crippen LogP contribution in [0.25, 0.3) is 0 Å². The Morgan fingerprint density at radius 1 is 1.32 bits per heavy atom. The maximum Gasteiger partial charge on any atom is 0.416 e. The monoisotopic (exact) mass is 276 g/mol. The highest BCUT2D eigenvalue weighted by Crippen LogP contribution is 2.48. The van der Waals surface area contributed by atoms with Crippen LogP contribution in [0, 0.1) is 5.82 Å². The molecule has 104 valence electrons. The van der Waals surface area contributed by atoms with E-state index in [1.165, 1.54) is 0 Å². The van der Waals surface area contributed by atoms with Crippen molar-refractivity contribution in [1.29, 1.82) is 0 Å². The summed E-state index contributed by atoms with van der Waals surface area (Å²) in [5.74, 6) is -2.05. The molecule has 1 aliphatic rings. The van der Waals surface area contributed by atoms with Gasteiger partial charge in [0.05, 0.1) is 12.0 Å². The molecule has 6 heteroatoms. The summed E-state index contributed by atoms with van der Waals surface area (Å²) in [5.41, 5.74) is -1.83. The van der Waals surface area contributed by atoms with Gasteiger partial charge in [0.2, 0.25) is 0 Å². The summed E-state index contributed by atoms with van der Waals surface area (Å²) in [7, 11) is 0. The molecule has 1 aromatic carbocycles. The van der Waals surface area contributed by atoms with Crippen molar-refractivity contribution in [3.8, 4) is 0 Å². The lowest BCUT2D eigenvalue weighted by Gasteiger charge is -2.41. The molecule has 0 saturated heterocycles. The minimum Gasteiger partial charge on any atom is -0.481 e. The largest absolute Gasteiger partial charge is 0.481 e. The molecule has 1 N–H and O–H groups in total. The zero-order valence-corrected chi connectivity index (χ0v) is 9.93. The Balaban J connectivity index is 2.38. The van der Waals surface area contributed by atoms with Crippen molar-refractivity contribution in [3.05, 3.63) is 35.1 Å². The summed E-state index contributed by atoms with van der Waals surface area (Å²) in [6, 6.07) is 2.32. The van der Waals surface area contributed by atoms with Crippen molar-refractivity contribution >= 4 is 5.97 Å². The van der Waals surface area contributed by atoms with Gasteiger partial charge in [-0.15, -0.1) is 0 Å². The predicted octanol–water partition coefficient (Wildman–Crippen LogP) is 3.74. The van der Waals surface area contributed by atoms with Gasteiger partial charge in [0.25, 0.3) is 0 Å².